The van der Waals surface area contributed by atoms with Gasteiger partial charge in [-0.3, -0.25) is 4.57 Å². The first-order chi connectivity index (χ1) is 20.4. The highest BCUT2D eigenvalue weighted by molar-refractivity contribution is 6.24. The first-order valence-electron chi connectivity index (χ1n) is 14.0. The quantitative estimate of drug-likeness (QED) is 0.225. The van der Waals surface area contributed by atoms with Gasteiger partial charge in [0.2, 0.25) is 5.71 Å². The third-order valence-corrected chi connectivity index (χ3v) is 8.32. The molecule has 0 radical (unpaired) electrons. The van der Waals surface area contributed by atoms with Crippen molar-refractivity contribution < 1.29 is 4.42 Å². The Kier molecular flexibility index (Phi) is 4.61. The van der Waals surface area contributed by atoms with Gasteiger partial charge in [-0.05, 0) is 59.7 Å². The second kappa shape index (κ2) is 8.48. The molecule has 0 saturated carbocycles. The molecule has 9 rings (SSSR count). The largest absolute Gasteiger partial charge is 0.439 e. The van der Waals surface area contributed by atoms with E-state index in [2.05, 4.69) is 149 Å². The van der Waals surface area contributed by atoms with Crippen LogP contribution in [0.4, 0.5) is 0 Å². The van der Waals surface area contributed by atoms with Gasteiger partial charge in [0, 0.05) is 32.9 Å². The molecule has 41 heavy (non-hydrogen) atoms. The summed E-state index contributed by atoms with van der Waals surface area (Å²) in [7, 11) is 0. The molecule has 0 aliphatic rings. The fourth-order valence-electron chi connectivity index (χ4n) is 6.62. The average Bonchev–Trinajstić information content (AvgIpc) is 3.68. The molecular formula is C38H24N2O. The number of rotatable bonds is 3. The minimum Gasteiger partial charge on any atom is -0.439 e. The molecule has 0 aliphatic heterocycles. The van der Waals surface area contributed by atoms with Crippen molar-refractivity contribution in [3.8, 4) is 22.5 Å². The smallest absolute Gasteiger partial charge is 0.213 e. The van der Waals surface area contributed by atoms with Gasteiger partial charge in [0.05, 0.1) is 21.9 Å². The molecule has 0 fully saturated rings. The molecule has 0 bridgehead atoms. The average molecular weight is 525 g/mol. The highest BCUT2D eigenvalue weighted by Gasteiger charge is 2.22. The Balaban J connectivity index is 1.36. The van der Waals surface area contributed by atoms with Crippen molar-refractivity contribution in [2.75, 3.05) is 0 Å². The number of nitrogens with zero attached hydrogens (tertiary/aromatic N) is 2. The molecule has 192 valence electrons. The zero-order valence-electron chi connectivity index (χ0n) is 22.2. The molecule has 0 unspecified atom stereocenters. The Morgan fingerprint density at radius 2 is 1.02 bits per heavy atom. The van der Waals surface area contributed by atoms with Crippen molar-refractivity contribution in [1.82, 2.24) is 9.13 Å². The van der Waals surface area contributed by atoms with Crippen LogP contribution < -0.4 is 0 Å². The van der Waals surface area contributed by atoms with E-state index in [1.807, 2.05) is 6.07 Å². The number of para-hydroxylation sites is 4. The third-order valence-electron chi connectivity index (χ3n) is 8.32. The minimum absolute atomic E-state index is 0.874. The first kappa shape index (κ1) is 22.3. The summed E-state index contributed by atoms with van der Waals surface area (Å²) in [5.74, 6) is 0. The summed E-state index contributed by atoms with van der Waals surface area (Å²) < 4.78 is 11.2. The van der Waals surface area contributed by atoms with E-state index in [9.17, 15) is 0 Å². The summed E-state index contributed by atoms with van der Waals surface area (Å²) in [4.78, 5) is 0. The summed E-state index contributed by atoms with van der Waals surface area (Å²) in [6.07, 6.45) is 0. The van der Waals surface area contributed by atoms with Gasteiger partial charge < -0.3 is 8.98 Å². The Morgan fingerprint density at radius 3 is 1.80 bits per heavy atom. The van der Waals surface area contributed by atoms with Crippen LogP contribution in [-0.4, -0.2) is 9.13 Å². The van der Waals surface area contributed by atoms with Gasteiger partial charge in [0.1, 0.15) is 5.58 Å². The number of hydrogen-bond acceptors (Lipinski definition) is 1. The van der Waals surface area contributed by atoms with Gasteiger partial charge in [0.25, 0.3) is 0 Å². The number of aromatic nitrogens is 2. The maximum atomic E-state index is 6.55. The zero-order chi connectivity index (χ0) is 26.9. The van der Waals surface area contributed by atoms with Crippen LogP contribution in [0.2, 0.25) is 0 Å². The lowest BCUT2D eigenvalue weighted by molar-refractivity contribution is 0.645. The summed E-state index contributed by atoms with van der Waals surface area (Å²) in [6, 6.07) is 51.7. The molecule has 3 heterocycles. The fourth-order valence-corrected chi connectivity index (χ4v) is 6.62. The monoisotopic (exact) mass is 524 g/mol. The lowest BCUT2D eigenvalue weighted by atomic mass is 9.98. The van der Waals surface area contributed by atoms with E-state index < -0.39 is 0 Å². The molecule has 0 N–H and O–H groups in total. The SMILES string of the molecule is c1ccc(-n2c3cccc(-c4cccc(-n5c6ccccc6c6ccccc65)c4)c3c3c4ccccc4oc32)cc1. The Bertz CT molecular complexity index is 2370. The molecule has 0 atom stereocenters. The summed E-state index contributed by atoms with van der Waals surface area (Å²) in [5.41, 5.74) is 9.93. The predicted molar refractivity (Wildman–Crippen MR) is 170 cm³/mol. The van der Waals surface area contributed by atoms with Crippen LogP contribution in [0.5, 0.6) is 0 Å². The van der Waals surface area contributed by atoms with Crippen LogP contribution in [-0.2, 0) is 0 Å². The van der Waals surface area contributed by atoms with Crippen molar-refractivity contribution in [2.45, 2.75) is 0 Å². The van der Waals surface area contributed by atoms with Crippen molar-refractivity contribution >= 4 is 54.8 Å². The van der Waals surface area contributed by atoms with E-state index in [0.717, 1.165) is 39.0 Å². The van der Waals surface area contributed by atoms with E-state index >= 15 is 0 Å². The second-order valence-corrected chi connectivity index (χ2v) is 10.6. The number of benzene rings is 6. The molecule has 3 heteroatoms. The zero-order valence-corrected chi connectivity index (χ0v) is 22.2. The highest BCUT2D eigenvalue weighted by atomic mass is 16.3. The van der Waals surface area contributed by atoms with E-state index in [1.165, 1.54) is 38.3 Å². The molecular weight excluding hydrogens is 500 g/mol. The first-order valence-corrected chi connectivity index (χ1v) is 14.0. The van der Waals surface area contributed by atoms with Crippen LogP contribution in [0.3, 0.4) is 0 Å². The van der Waals surface area contributed by atoms with Gasteiger partial charge in [-0.1, -0.05) is 97.1 Å². The fraction of sp³-hybridized carbons (Fsp3) is 0. The van der Waals surface area contributed by atoms with E-state index in [1.54, 1.807) is 0 Å². The molecule has 3 nitrogen and oxygen atoms in total. The van der Waals surface area contributed by atoms with E-state index in [4.69, 9.17) is 4.42 Å². The normalized spacial score (nSPS) is 11.9. The van der Waals surface area contributed by atoms with Gasteiger partial charge in [-0.25, -0.2) is 0 Å². The number of furan rings is 1. The lowest BCUT2D eigenvalue weighted by Crippen LogP contribution is -1.94. The minimum atomic E-state index is 0.874. The second-order valence-electron chi connectivity index (χ2n) is 10.6. The molecule has 0 saturated heterocycles. The van der Waals surface area contributed by atoms with Crippen molar-refractivity contribution in [3.63, 3.8) is 0 Å². The Morgan fingerprint density at radius 1 is 0.415 bits per heavy atom. The maximum absolute atomic E-state index is 6.55. The highest BCUT2D eigenvalue weighted by Crippen LogP contribution is 2.43. The van der Waals surface area contributed by atoms with Crippen LogP contribution in [0.1, 0.15) is 0 Å². The Hall–Kier alpha value is -5.54. The number of fused-ring (bicyclic) bond motifs is 8. The van der Waals surface area contributed by atoms with Gasteiger partial charge in [-0.15, -0.1) is 0 Å². The molecule has 3 aromatic heterocycles. The van der Waals surface area contributed by atoms with Gasteiger partial charge >= 0.3 is 0 Å². The van der Waals surface area contributed by atoms with Crippen molar-refractivity contribution in [1.29, 1.82) is 0 Å². The van der Waals surface area contributed by atoms with Crippen LogP contribution >= 0.6 is 0 Å². The lowest BCUT2D eigenvalue weighted by Gasteiger charge is -2.12. The predicted octanol–water partition coefficient (Wildman–Crippen LogP) is 10.3. The molecule has 0 spiro atoms. The van der Waals surface area contributed by atoms with Crippen LogP contribution in [0, 0.1) is 0 Å². The Labute approximate surface area is 236 Å². The number of hydrogen-bond donors (Lipinski definition) is 0. The van der Waals surface area contributed by atoms with Crippen molar-refractivity contribution in [3.05, 3.63) is 146 Å². The van der Waals surface area contributed by atoms with Crippen molar-refractivity contribution in [2.24, 2.45) is 0 Å². The molecule has 0 amide bonds. The molecule has 9 aromatic rings. The van der Waals surface area contributed by atoms with E-state index in [0.29, 0.717) is 0 Å². The third kappa shape index (κ3) is 3.14. The summed E-state index contributed by atoms with van der Waals surface area (Å²) in [5, 5.41) is 6.02. The topological polar surface area (TPSA) is 23.0 Å². The van der Waals surface area contributed by atoms with Crippen LogP contribution in [0.25, 0.3) is 77.3 Å². The summed E-state index contributed by atoms with van der Waals surface area (Å²) >= 11 is 0. The molecule has 6 aromatic carbocycles. The molecule has 0 aliphatic carbocycles. The maximum Gasteiger partial charge on any atom is 0.213 e. The van der Waals surface area contributed by atoms with Gasteiger partial charge in [-0.2, -0.15) is 0 Å². The van der Waals surface area contributed by atoms with Gasteiger partial charge in [0.15, 0.2) is 0 Å². The van der Waals surface area contributed by atoms with Crippen LogP contribution in [0.15, 0.2) is 150 Å². The van der Waals surface area contributed by atoms with E-state index in [-0.39, 0.29) is 0 Å². The summed E-state index contributed by atoms with van der Waals surface area (Å²) in [6.45, 7) is 0. The standard InChI is InChI=1S/C38H24N2O/c1-2-13-26(14-3-1)40-34-22-11-19-28(36(34)37-31-18-6-9-23-35(31)41-38(37)40)25-12-10-15-27(24-25)39-32-20-7-4-16-29(32)30-17-5-8-21-33(30)39/h1-24H.